The Morgan fingerprint density at radius 3 is 2.87 bits per heavy atom. The van der Waals surface area contributed by atoms with Crippen molar-refractivity contribution in [2.75, 3.05) is 26.2 Å². The molecule has 2 bridgehead atoms. The average Bonchev–Trinajstić information content (AvgIpc) is 3.20. The Bertz CT molecular complexity index is 1120. The number of hydrogen-bond acceptors (Lipinski definition) is 5. The van der Waals surface area contributed by atoms with Crippen LogP contribution in [0.2, 0.25) is 0 Å². The van der Waals surface area contributed by atoms with Gasteiger partial charge in [0.1, 0.15) is 17.9 Å². The van der Waals surface area contributed by atoms with Crippen molar-refractivity contribution < 1.29 is 9.18 Å². The predicted molar refractivity (Wildman–Crippen MR) is 111 cm³/mol. The highest BCUT2D eigenvalue weighted by Crippen LogP contribution is 2.35. The van der Waals surface area contributed by atoms with Crippen LogP contribution < -0.4 is 5.56 Å². The van der Waals surface area contributed by atoms with Gasteiger partial charge in [0, 0.05) is 68.2 Å². The summed E-state index contributed by atoms with van der Waals surface area (Å²) in [4.78, 5) is 34.0. The van der Waals surface area contributed by atoms with Gasteiger partial charge in [-0.15, -0.1) is 0 Å². The Morgan fingerprint density at radius 2 is 2.10 bits per heavy atom. The van der Waals surface area contributed by atoms with Crippen LogP contribution in [-0.2, 0) is 13.1 Å². The number of fused-ring (bicyclic) bond motifs is 4. The molecule has 5 rings (SSSR count). The molecule has 7 nitrogen and oxygen atoms in total. The highest BCUT2D eigenvalue weighted by molar-refractivity contribution is 5.94. The monoisotopic (exact) mass is 421 g/mol. The first kappa shape index (κ1) is 19.9. The highest BCUT2D eigenvalue weighted by atomic mass is 19.1. The van der Waals surface area contributed by atoms with Crippen molar-refractivity contribution in [3.8, 4) is 6.07 Å². The number of halogens is 1. The Balaban J connectivity index is 1.37. The molecule has 3 aliphatic rings. The van der Waals surface area contributed by atoms with Crippen LogP contribution in [0.3, 0.4) is 0 Å². The van der Waals surface area contributed by atoms with Crippen LogP contribution >= 0.6 is 0 Å². The summed E-state index contributed by atoms with van der Waals surface area (Å²) in [6.45, 7) is 3.30. The third-order valence-corrected chi connectivity index (χ3v) is 6.70. The number of pyridine rings is 2. The van der Waals surface area contributed by atoms with E-state index in [4.69, 9.17) is 5.26 Å². The number of hydrogen-bond donors (Lipinski definition) is 0. The van der Waals surface area contributed by atoms with Crippen LogP contribution in [0.4, 0.5) is 4.39 Å². The zero-order valence-electron chi connectivity index (χ0n) is 17.2. The Labute approximate surface area is 179 Å². The lowest BCUT2D eigenvalue weighted by atomic mass is 9.82. The normalized spacial score (nSPS) is 25.2. The van der Waals surface area contributed by atoms with Gasteiger partial charge in [0.25, 0.3) is 11.5 Å². The van der Waals surface area contributed by atoms with Crippen molar-refractivity contribution in [3.05, 3.63) is 63.3 Å². The number of alkyl halides is 1. The summed E-state index contributed by atoms with van der Waals surface area (Å²) >= 11 is 0. The van der Waals surface area contributed by atoms with Crippen molar-refractivity contribution in [3.63, 3.8) is 0 Å². The van der Waals surface area contributed by atoms with E-state index in [1.165, 1.54) is 12.3 Å². The van der Waals surface area contributed by atoms with Crippen molar-refractivity contribution >= 4 is 5.91 Å². The second-order valence-corrected chi connectivity index (χ2v) is 8.87. The van der Waals surface area contributed by atoms with Crippen LogP contribution in [0.15, 0.2) is 35.3 Å². The minimum absolute atomic E-state index is 0.0158. The van der Waals surface area contributed by atoms with Gasteiger partial charge in [0.15, 0.2) is 0 Å². The molecule has 2 saturated heterocycles. The first-order valence-corrected chi connectivity index (χ1v) is 10.8. The molecule has 0 unspecified atom stereocenters. The summed E-state index contributed by atoms with van der Waals surface area (Å²) in [6.07, 6.45) is 2.18. The van der Waals surface area contributed by atoms with Gasteiger partial charge in [-0.3, -0.25) is 14.5 Å². The van der Waals surface area contributed by atoms with Crippen molar-refractivity contribution in [1.29, 1.82) is 5.26 Å². The quantitative estimate of drug-likeness (QED) is 0.756. The van der Waals surface area contributed by atoms with E-state index in [9.17, 15) is 14.0 Å². The number of piperidine rings is 1. The topological polar surface area (TPSA) is 82.2 Å². The summed E-state index contributed by atoms with van der Waals surface area (Å²) in [5.41, 5.74) is 2.40. The summed E-state index contributed by atoms with van der Waals surface area (Å²) in [6, 6.07) is 9.02. The molecule has 2 aromatic rings. The van der Waals surface area contributed by atoms with E-state index in [1.807, 2.05) is 32.6 Å². The number of amides is 1. The molecule has 0 N–H and O–H groups in total. The summed E-state index contributed by atoms with van der Waals surface area (Å²) in [5.74, 6) is 0.218. The van der Waals surface area contributed by atoms with Gasteiger partial charge in [-0.2, -0.15) is 5.26 Å². The Morgan fingerprint density at radius 1 is 1.23 bits per heavy atom. The molecule has 160 valence electrons. The molecule has 5 heterocycles. The van der Waals surface area contributed by atoms with Crippen molar-refractivity contribution in [2.45, 2.75) is 38.0 Å². The van der Waals surface area contributed by atoms with Crippen LogP contribution in [0.1, 0.15) is 46.1 Å². The number of nitrogens with zero attached hydrogens (tertiary/aromatic N) is 5. The minimum atomic E-state index is -0.798. The SMILES string of the molecule is N#Cc1cc(C(=O)N2C[C@@H]3C[C@H](C2)c2ccc(CN4CC[C@@H](F)C4)c(=O)n2C3)ccn1. The van der Waals surface area contributed by atoms with Crippen LogP contribution in [-0.4, -0.2) is 57.6 Å². The lowest BCUT2D eigenvalue weighted by Crippen LogP contribution is -2.49. The fraction of sp³-hybridized carbons (Fsp3) is 0.478. The van der Waals surface area contributed by atoms with E-state index in [2.05, 4.69) is 4.98 Å². The number of likely N-dealkylation sites (tertiary alicyclic amines) is 2. The second-order valence-electron chi connectivity index (χ2n) is 8.87. The van der Waals surface area contributed by atoms with Gasteiger partial charge in [-0.05, 0) is 37.0 Å². The van der Waals surface area contributed by atoms with Gasteiger partial charge in [0.2, 0.25) is 0 Å². The molecule has 0 radical (unpaired) electrons. The molecule has 0 saturated carbocycles. The van der Waals surface area contributed by atoms with Crippen LogP contribution in [0, 0.1) is 17.2 Å². The van der Waals surface area contributed by atoms with Crippen LogP contribution in [0.5, 0.6) is 0 Å². The molecule has 1 amide bonds. The fourth-order valence-electron chi connectivity index (χ4n) is 5.25. The number of carbonyl (C=O) groups excluding carboxylic acids is 1. The second kappa shape index (κ2) is 7.89. The molecule has 8 heteroatoms. The molecule has 2 aromatic heterocycles. The number of aromatic nitrogens is 2. The zero-order chi connectivity index (χ0) is 21.5. The number of nitriles is 1. The highest BCUT2D eigenvalue weighted by Gasteiger charge is 2.37. The first-order valence-electron chi connectivity index (χ1n) is 10.8. The van der Waals surface area contributed by atoms with Crippen molar-refractivity contribution in [2.24, 2.45) is 5.92 Å². The number of carbonyl (C=O) groups is 1. The molecule has 0 spiro atoms. The lowest BCUT2D eigenvalue weighted by Gasteiger charge is -2.43. The molecule has 0 aromatic carbocycles. The molecular formula is C23H24FN5O2. The summed E-state index contributed by atoms with van der Waals surface area (Å²) in [7, 11) is 0. The van der Waals surface area contributed by atoms with Gasteiger partial charge < -0.3 is 9.47 Å². The maximum atomic E-state index is 13.5. The molecule has 3 aliphatic heterocycles. The molecule has 31 heavy (non-hydrogen) atoms. The van der Waals surface area contributed by atoms with Gasteiger partial charge in [-0.1, -0.05) is 6.07 Å². The maximum Gasteiger partial charge on any atom is 0.255 e. The Hall–Kier alpha value is -3.05. The van der Waals surface area contributed by atoms with Crippen molar-refractivity contribution in [1.82, 2.24) is 19.4 Å². The van der Waals surface area contributed by atoms with E-state index in [1.54, 1.807) is 6.07 Å². The fourth-order valence-corrected chi connectivity index (χ4v) is 5.25. The minimum Gasteiger partial charge on any atom is -0.338 e. The van der Waals surface area contributed by atoms with E-state index >= 15 is 0 Å². The van der Waals surface area contributed by atoms with E-state index in [0.717, 1.165) is 12.1 Å². The summed E-state index contributed by atoms with van der Waals surface area (Å²) in [5, 5.41) is 9.05. The largest absolute Gasteiger partial charge is 0.338 e. The van der Waals surface area contributed by atoms with Gasteiger partial charge in [0.05, 0.1) is 0 Å². The van der Waals surface area contributed by atoms with E-state index < -0.39 is 6.17 Å². The third-order valence-electron chi connectivity index (χ3n) is 6.70. The first-order chi connectivity index (χ1) is 15.0. The molecular weight excluding hydrogens is 397 g/mol. The lowest BCUT2D eigenvalue weighted by molar-refractivity contribution is 0.0594. The maximum absolute atomic E-state index is 13.5. The van der Waals surface area contributed by atoms with Gasteiger partial charge >= 0.3 is 0 Å². The van der Waals surface area contributed by atoms with Crippen LogP contribution in [0.25, 0.3) is 0 Å². The van der Waals surface area contributed by atoms with Gasteiger partial charge in [-0.25, -0.2) is 9.37 Å². The predicted octanol–water partition coefficient (Wildman–Crippen LogP) is 1.92. The molecule has 0 aliphatic carbocycles. The smallest absolute Gasteiger partial charge is 0.255 e. The number of rotatable bonds is 3. The Kier molecular flexibility index (Phi) is 5.06. The molecule has 2 fully saturated rings. The zero-order valence-corrected chi connectivity index (χ0v) is 17.2. The molecule has 3 atom stereocenters. The standard InChI is InChI=1S/C23H24FN5O2/c24-19-4-6-27(14-19)12-17-1-2-21-18-7-15(11-29(21)23(17)31)10-28(13-18)22(30)16-3-5-26-20(8-16)9-25/h1-3,5,8,15,18-19H,4,6-7,10-14H2/t15-,18+,19+/m0/s1. The summed E-state index contributed by atoms with van der Waals surface area (Å²) < 4.78 is 15.4. The average molecular weight is 421 g/mol. The van der Waals surface area contributed by atoms with E-state index in [0.29, 0.717) is 56.8 Å². The van der Waals surface area contributed by atoms with E-state index in [-0.39, 0.29) is 29.0 Å². The third kappa shape index (κ3) is 3.74.